The van der Waals surface area contributed by atoms with E-state index in [1.54, 1.807) is 26.0 Å². The van der Waals surface area contributed by atoms with Gasteiger partial charge in [-0.25, -0.2) is 4.39 Å². The monoisotopic (exact) mass is 310 g/mol. The Morgan fingerprint density at radius 2 is 1.91 bits per heavy atom. The molecule has 4 N–H and O–H groups in total. The first kappa shape index (κ1) is 16.7. The van der Waals surface area contributed by atoms with E-state index in [0.29, 0.717) is 22.4 Å². The van der Waals surface area contributed by atoms with Crippen LogP contribution in [0.2, 0.25) is 0 Å². The number of carbonyl (C=O) groups excluding carboxylic acids is 1. The Morgan fingerprint density at radius 1 is 1.32 bits per heavy atom. The summed E-state index contributed by atoms with van der Waals surface area (Å²) in [6, 6.07) is 3.22. The molecule has 0 aliphatic carbocycles. The van der Waals surface area contributed by atoms with Gasteiger partial charge in [0.1, 0.15) is 6.17 Å². The molecule has 1 unspecified atom stereocenters. The first-order valence-electron chi connectivity index (χ1n) is 7.22. The molecule has 0 radical (unpaired) electrons. The van der Waals surface area contributed by atoms with Crippen LogP contribution in [0.1, 0.15) is 49.2 Å². The van der Waals surface area contributed by atoms with E-state index in [0.717, 1.165) is 0 Å². The van der Waals surface area contributed by atoms with Gasteiger partial charge >= 0.3 is 0 Å². The number of nitrogen functional groups attached to an aromatic ring is 1. The van der Waals surface area contributed by atoms with Gasteiger partial charge < -0.3 is 20.8 Å². The van der Waals surface area contributed by atoms with Crippen molar-refractivity contribution in [2.45, 2.75) is 51.6 Å². The van der Waals surface area contributed by atoms with Crippen LogP contribution in [-0.2, 0) is 12.1 Å². The van der Waals surface area contributed by atoms with Crippen LogP contribution >= 0.6 is 0 Å². The summed E-state index contributed by atoms with van der Waals surface area (Å²) >= 11 is 0. The van der Waals surface area contributed by atoms with Crippen LogP contribution in [-0.4, -0.2) is 39.3 Å². The van der Waals surface area contributed by atoms with Gasteiger partial charge in [-0.15, -0.1) is 0 Å². The molecule has 1 atom stereocenters. The molecule has 0 saturated carbocycles. The lowest BCUT2D eigenvalue weighted by molar-refractivity contribution is -0.0159. The van der Waals surface area contributed by atoms with Crippen LogP contribution in [0.15, 0.2) is 12.1 Å². The second kappa shape index (κ2) is 5.21. The summed E-state index contributed by atoms with van der Waals surface area (Å²) in [4.78, 5) is 13.8. The van der Waals surface area contributed by atoms with Crippen molar-refractivity contribution in [1.29, 1.82) is 0 Å². The zero-order valence-electron chi connectivity index (χ0n) is 13.4. The average molecular weight is 310 g/mol. The van der Waals surface area contributed by atoms with E-state index in [1.807, 2.05) is 0 Å². The predicted molar refractivity (Wildman–Crippen MR) is 82.0 cm³/mol. The van der Waals surface area contributed by atoms with Crippen molar-refractivity contribution in [3.63, 3.8) is 0 Å². The lowest BCUT2D eigenvalue weighted by Crippen LogP contribution is -2.42. The summed E-state index contributed by atoms with van der Waals surface area (Å²) < 4.78 is 14.0. The number of alkyl halides is 1. The van der Waals surface area contributed by atoms with Crippen LogP contribution in [0.5, 0.6) is 0 Å². The van der Waals surface area contributed by atoms with Crippen LogP contribution in [0.3, 0.4) is 0 Å². The number of benzene rings is 1. The molecule has 1 heterocycles. The van der Waals surface area contributed by atoms with E-state index in [-0.39, 0.29) is 19.0 Å². The smallest absolute Gasteiger partial charge is 0.254 e. The fourth-order valence-electron chi connectivity index (χ4n) is 2.54. The minimum absolute atomic E-state index is 0.186. The largest absolute Gasteiger partial charge is 0.398 e. The van der Waals surface area contributed by atoms with Gasteiger partial charge in [0.2, 0.25) is 0 Å². The van der Waals surface area contributed by atoms with Crippen LogP contribution in [0.25, 0.3) is 0 Å². The molecule has 0 fully saturated rings. The van der Waals surface area contributed by atoms with Crippen molar-refractivity contribution in [3.05, 3.63) is 28.8 Å². The molecule has 0 spiro atoms. The number of aliphatic hydroxyl groups is 2. The van der Waals surface area contributed by atoms with Gasteiger partial charge in [0, 0.05) is 23.4 Å². The van der Waals surface area contributed by atoms with E-state index in [1.165, 1.54) is 18.7 Å². The lowest BCUT2D eigenvalue weighted by atomic mass is 9.93. The molecular weight excluding hydrogens is 287 g/mol. The number of nitrogens with two attached hydrogens (primary N) is 1. The molecule has 6 heteroatoms. The Bertz CT molecular complexity index is 603. The third kappa shape index (κ3) is 3.08. The standard InChI is InChI=1S/C16H23FN2O3/c1-15(2,21)11-6-10-9(5-12(11)18)7-19(14(10)20)8-13(17)16(3,4)22/h5-6,13,21-22H,7-8,18H2,1-4H3. The van der Waals surface area contributed by atoms with Crippen LogP contribution < -0.4 is 5.73 Å². The SMILES string of the molecule is CC(C)(O)c1cc2c(cc1N)CN(CC(F)C(C)(C)O)C2=O. The number of rotatable bonds is 4. The molecule has 0 aromatic heterocycles. The number of hydrogen-bond acceptors (Lipinski definition) is 4. The molecule has 5 nitrogen and oxygen atoms in total. The number of anilines is 1. The number of carbonyl (C=O) groups is 1. The van der Waals surface area contributed by atoms with Crippen molar-refractivity contribution in [3.8, 4) is 0 Å². The minimum atomic E-state index is -1.54. The summed E-state index contributed by atoms with van der Waals surface area (Å²) in [5, 5.41) is 19.8. The van der Waals surface area contributed by atoms with Gasteiger partial charge in [-0.3, -0.25) is 4.79 Å². The fourth-order valence-corrected chi connectivity index (χ4v) is 2.54. The second-order valence-corrected chi connectivity index (χ2v) is 6.96. The number of halogens is 1. The van der Waals surface area contributed by atoms with Crippen molar-refractivity contribution >= 4 is 11.6 Å². The Kier molecular flexibility index (Phi) is 3.96. The molecule has 2 rings (SSSR count). The van der Waals surface area contributed by atoms with Gasteiger partial charge in [0.05, 0.1) is 17.7 Å². The van der Waals surface area contributed by atoms with E-state index in [9.17, 15) is 19.4 Å². The zero-order valence-corrected chi connectivity index (χ0v) is 13.4. The van der Waals surface area contributed by atoms with Gasteiger partial charge in [-0.05, 0) is 45.4 Å². The lowest BCUT2D eigenvalue weighted by Gasteiger charge is -2.26. The quantitative estimate of drug-likeness (QED) is 0.737. The van der Waals surface area contributed by atoms with Crippen LogP contribution in [0, 0.1) is 0 Å². The van der Waals surface area contributed by atoms with Crippen molar-refractivity contribution < 1.29 is 19.4 Å². The fraction of sp³-hybridized carbons (Fsp3) is 0.562. The molecule has 1 amide bonds. The maximum Gasteiger partial charge on any atom is 0.254 e. The molecule has 1 aliphatic rings. The minimum Gasteiger partial charge on any atom is -0.398 e. The predicted octanol–water partition coefficient (Wildman–Crippen LogP) is 1.56. The second-order valence-electron chi connectivity index (χ2n) is 6.96. The number of amides is 1. The normalized spacial score (nSPS) is 16.9. The third-order valence-corrected chi connectivity index (χ3v) is 3.96. The van der Waals surface area contributed by atoms with Crippen molar-refractivity contribution in [2.24, 2.45) is 0 Å². The van der Waals surface area contributed by atoms with Crippen molar-refractivity contribution in [1.82, 2.24) is 4.90 Å². The highest BCUT2D eigenvalue weighted by atomic mass is 19.1. The Balaban J connectivity index is 2.29. The molecule has 1 aromatic rings. The highest BCUT2D eigenvalue weighted by Crippen LogP contribution is 2.33. The molecule has 122 valence electrons. The Labute approximate surface area is 129 Å². The average Bonchev–Trinajstić information content (AvgIpc) is 2.62. The summed E-state index contributed by atoms with van der Waals surface area (Å²) in [6.45, 7) is 5.99. The third-order valence-electron chi connectivity index (χ3n) is 3.96. The highest BCUT2D eigenvalue weighted by Gasteiger charge is 2.35. The number of fused-ring (bicyclic) bond motifs is 1. The molecule has 1 aromatic carbocycles. The maximum absolute atomic E-state index is 14.0. The first-order valence-corrected chi connectivity index (χ1v) is 7.22. The van der Waals surface area contributed by atoms with Gasteiger partial charge in [-0.2, -0.15) is 0 Å². The molecule has 0 saturated heterocycles. The molecule has 1 aliphatic heterocycles. The summed E-state index contributed by atoms with van der Waals surface area (Å²) in [6.07, 6.45) is -1.54. The van der Waals surface area contributed by atoms with E-state index < -0.39 is 17.4 Å². The zero-order chi connectivity index (χ0) is 16.9. The topological polar surface area (TPSA) is 86.8 Å². The summed E-state index contributed by atoms with van der Waals surface area (Å²) in [5.74, 6) is -0.313. The summed E-state index contributed by atoms with van der Waals surface area (Å²) in [7, 11) is 0. The van der Waals surface area contributed by atoms with E-state index in [2.05, 4.69) is 0 Å². The molecular formula is C16H23FN2O3. The molecule has 22 heavy (non-hydrogen) atoms. The maximum atomic E-state index is 14.0. The first-order chi connectivity index (χ1) is 9.91. The van der Waals surface area contributed by atoms with Gasteiger partial charge in [0.15, 0.2) is 0 Å². The van der Waals surface area contributed by atoms with Gasteiger partial charge in [-0.1, -0.05) is 0 Å². The van der Waals surface area contributed by atoms with Gasteiger partial charge in [0.25, 0.3) is 5.91 Å². The Hall–Kier alpha value is -1.66. The Morgan fingerprint density at radius 3 is 2.41 bits per heavy atom. The number of nitrogens with zero attached hydrogens (tertiary/aromatic N) is 1. The highest BCUT2D eigenvalue weighted by molar-refractivity contribution is 5.99. The van der Waals surface area contributed by atoms with Crippen molar-refractivity contribution in [2.75, 3.05) is 12.3 Å². The van der Waals surface area contributed by atoms with Crippen LogP contribution in [0.4, 0.5) is 10.1 Å². The molecule has 0 bridgehead atoms. The summed E-state index contributed by atoms with van der Waals surface area (Å²) in [5.41, 5.74) is 5.27. The number of hydrogen-bond donors (Lipinski definition) is 3. The van der Waals surface area contributed by atoms with E-state index in [4.69, 9.17) is 5.73 Å². The van der Waals surface area contributed by atoms with E-state index >= 15 is 0 Å².